The van der Waals surface area contributed by atoms with Crippen LogP contribution >= 0.6 is 0 Å². The van der Waals surface area contributed by atoms with Gasteiger partial charge in [0, 0.05) is 24.3 Å². The van der Waals surface area contributed by atoms with E-state index in [0.717, 1.165) is 26.1 Å². The minimum absolute atomic E-state index is 0.0529. The first kappa shape index (κ1) is 15.2. The summed E-state index contributed by atoms with van der Waals surface area (Å²) in [5.74, 6) is 0.386. The minimum atomic E-state index is -0.0529. The molecule has 1 aliphatic carbocycles. The molecular formula is C17H22N6O2. The Morgan fingerprint density at radius 1 is 1.28 bits per heavy atom. The van der Waals surface area contributed by atoms with Gasteiger partial charge in [0.1, 0.15) is 0 Å². The lowest BCUT2D eigenvalue weighted by Gasteiger charge is -2.53. The fourth-order valence-electron chi connectivity index (χ4n) is 4.64. The van der Waals surface area contributed by atoms with Crippen LogP contribution in [0.1, 0.15) is 36.0 Å². The first-order valence-electron chi connectivity index (χ1n) is 9.15. The Hall–Kier alpha value is -2.06. The number of piperidine rings is 1. The van der Waals surface area contributed by atoms with E-state index in [0.29, 0.717) is 23.2 Å². The third kappa shape index (κ3) is 2.51. The Kier molecular flexibility index (Phi) is 3.67. The quantitative estimate of drug-likeness (QED) is 0.874. The number of tetrazole rings is 1. The highest BCUT2D eigenvalue weighted by atomic mass is 16.5. The van der Waals surface area contributed by atoms with E-state index in [4.69, 9.17) is 4.74 Å². The highest BCUT2D eigenvalue weighted by Gasteiger charge is 2.56. The standard InChI is InChI=1S/C17H22N6O2/c24-17(11-4-8-23-13(10-11)19-20-21-23)18-14-12-5-9-25-16(12)15(14)22-6-2-1-3-7-22/h4,8,10,12,14-16H,1-3,5-7,9H2,(H,18,24)/t12-,14+,15-,16-/m0/s1. The maximum Gasteiger partial charge on any atom is 0.251 e. The number of nitrogens with zero attached hydrogens (tertiary/aromatic N) is 5. The Morgan fingerprint density at radius 2 is 2.16 bits per heavy atom. The first-order valence-corrected chi connectivity index (χ1v) is 9.15. The molecule has 0 aromatic carbocycles. The normalized spacial score (nSPS) is 32.3. The SMILES string of the molecule is O=C(N[C@@H]1[C@@H]2CCO[C@@H]2[C@H]1N1CCCCC1)c1ccn2nnnc2c1. The van der Waals surface area contributed by atoms with Gasteiger partial charge in [-0.2, -0.15) is 0 Å². The molecule has 0 spiro atoms. The summed E-state index contributed by atoms with van der Waals surface area (Å²) in [5.41, 5.74) is 1.18. The summed E-state index contributed by atoms with van der Waals surface area (Å²) in [7, 11) is 0. The van der Waals surface area contributed by atoms with Gasteiger partial charge in [-0.25, -0.2) is 4.52 Å². The Labute approximate surface area is 145 Å². The van der Waals surface area contributed by atoms with E-state index in [2.05, 4.69) is 25.7 Å². The van der Waals surface area contributed by atoms with Crippen molar-refractivity contribution in [1.82, 2.24) is 30.3 Å². The fraction of sp³-hybridized carbons (Fsp3) is 0.647. The number of rotatable bonds is 3. The predicted octanol–water partition coefficient (Wildman–Crippen LogP) is 0.496. The number of carbonyl (C=O) groups excluding carboxylic acids is 1. The second-order valence-electron chi connectivity index (χ2n) is 7.27. The molecular weight excluding hydrogens is 320 g/mol. The molecule has 0 bridgehead atoms. The lowest BCUT2D eigenvalue weighted by Crippen LogP contribution is -2.71. The van der Waals surface area contributed by atoms with Gasteiger partial charge in [-0.15, -0.1) is 5.10 Å². The minimum Gasteiger partial charge on any atom is -0.376 e. The summed E-state index contributed by atoms with van der Waals surface area (Å²) in [6.07, 6.45) is 6.83. The summed E-state index contributed by atoms with van der Waals surface area (Å²) in [6.45, 7) is 3.03. The molecule has 25 heavy (non-hydrogen) atoms. The molecule has 2 aliphatic heterocycles. The van der Waals surface area contributed by atoms with Crippen molar-refractivity contribution in [1.29, 1.82) is 0 Å². The number of hydrogen-bond donors (Lipinski definition) is 1. The number of fused-ring (bicyclic) bond motifs is 2. The van der Waals surface area contributed by atoms with Crippen molar-refractivity contribution in [2.24, 2.45) is 5.92 Å². The number of nitrogens with one attached hydrogen (secondary N) is 1. The molecule has 4 heterocycles. The molecule has 4 atom stereocenters. The van der Waals surface area contributed by atoms with E-state index in [1.54, 1.807) is 22.8 Å². The van der Waals surface area contributed by atoms with Crippen LogP contribution in [0.15, 0.2) is 18.3 Å². The fourth-order valence-corrected chi connectivity index (χ4v) is 4.64. The molecule has 3 fully saturated rings. The van der Waals surface area contributed by atoms with Crippen LogP contribution in [0, 0.1) is 5.92 Å². The second-order valence-corrected chi connectivity index (χ2v) is 7.27. The van der Waals surface area contributed by atoms with E-state index in [1.807, 2.05) is 0 Å². The number of ether oxygens (including phenoxy) is 1. The molecule has 1 N–H and O–H groups in total. The van der Waals surface area contributed by atoms with Crippen LogP contribution in [-0.2, 0) is 4.74 Å². The monoisotopic (exact) mass is 342 g/mol. The molecule has 2 saturated heterocycles. The van der Waals surface area contributed by atoms with Gasteiger partial charge in [0.2, 0.25) is 0 Å². The maximum atomic E-state index is 12.8. The van der Waals surface area contributed by atoms with Crippen LogP contribution in [-0.4, -0.2) is 68.7 Å². The molecule has 0 radical (unpaired) electrons. The highest BCUT2D eigenvalue weighted by Crippen LogP contribution is 2.42. The molecule has 8 heteroatoms. The van der Waals surface area contributed by atoms with Crippen molar-refractivity contribution in [3.8, 4) is 0 Å². The van der Waals surface area contributed by atoms with Gasteiger partial charge in [0.05, 0.1) is 18.2 Å². The number of amides is 1. The highest BCUT2D eigenvalue weighted by molar-refractivity contribution is 5.95. The van der Waals surface area contributed by atoms with Crippen LogP contribution < -0.4 is 5.32 Å². The number of aromatic nitrogens is 4. The van der Waals surface area contributed by atoms with Crippen molar-refractivity contribution in [3.63, 3.8) is 0 Å². The van der Waals surface area contributed by atoms with Crippen LogP contribution in [0.5, 0.6) is 0 Å². The van der Waals surface area contributed by atoms with Crippen molar-refractivity contribution in [2.45, 2.75) is 43.9 Å². The largest absolute Gasteiger partial charge is 0.376 e. The molecule has 3 aliphatic rings. The third-order valence-electron chi connectivity index (χ3n) is 5.92. The lowest BCUT2D eigenvalue weighted by atomic mass is 9.70. The summed E-state index contributed by atoms with van der Waals surface area (Å²) < 4.78 is 7.51. The topological polar surface area (TPSA) is 84.7 Å². The summed E-state index contributed by atoms with van der Waals surface area (Å²) in [4.78, 5) is 15.3. The van der Waals surface area contributed by atoms with Crippen LogP contribution in [0.4, 0.5) is 0 Å². The molecule has 132 valence electrons. The van der Waals surface area contributed by atoms with Gasteiger partial charge in [0.15, 0.2) is 5.65 Å². The molecule has 8 nitrogen and oxygen atoms in total. The zero-order valence-corrected chi connectivity index (χ0v) is 14.0. The predicted molar refractivity (Wildman–Crippen MR) is 89.1 cm³/mol. The average Bonchev–Trinajstić information content (AvgIpc) is 3.27. The van der Waals surface area contributed by atoms with E-state index >= 15 is 0 Å². The Morgan fingerprint density at radius 3 is 3.04 bits per heavy atom. The van der Waals surface area contributed by atoms with Gasteiger partial charge in [0.25, 0.3) is 5.91 Å². The van der Waals surface area contributed by atoms with Gasteiger partial charge in [-0.3, -0.25) is 9.69 Å². The zero-order chi connectivity index (χ0) is 16.8. The maximum absolute atomic E-state index is 12.8. The molecule has 2 aromatic heterocycles. The van der Waals surface area contributed by atoms with Gasteiger partial charge in [-0.1, -0.05) is 6.42 Å². The Bertz CT molecular complexity index is 786. The van der Waals surface area contributed by atoms with Crippen molar-refractivity contribution < 1.29 is 9.53 Å². The summed E-state index contributed by atoms with van der Waals surface area (Å²) in [6, 6.07) is 3.98. The zero-order valence-electron chi connectivity index (χ0n) is 14.0. The van der Waals surface area contributed by atoms with Crippen molar-refractivity contribution in [2.75, 3.05) is 19.7 Å². The van der Waals surface area contributed by atoms with E-state index in [1.165, 1.54) is 19.3 Å². The Balaban J connectivity index is 1.34. The van der Waals surface area contributed by atoms with Crippen molar-refractivity contribution >= 4 is 11.6 Å². The van der Waals surface area contributed by atoms with E-state index in [-0.39, 0.29) is 18.1 Å². The molecule has 0 unspecified atom stereocenters. The van der Waals surface area contributed by atoms with Gasteiger partial charge >= 0.3 is 0 Å². The van der Waals surface area contributed by atoms with Crippen molar-refractivity contribution in [3.05, 3.63) is 23.9 Å². The lowest BCUT2D eigenvalue weighted by molar-refractivity contribution is -0.0862. The smallest absolute Gasteiger partial charge is 0.251 e. The van der Waals surface area contributed by atoms with Crippen LogP contribution in [0.3, 0.4) is 0 Å². The van der Waals surface area contributed by atoms with Gasteiger partial charge in [-0.05, 0) is 54.9 Å². The van der Waals surface area contributed by atoms with E-state index in [9.17, 15) is 4.79 Å². The number of pyridine rings is 1. The van der Waals surface area contributed by atoms with Crippen LogP contribution in [0.2, 0.25) is 0 Å². The number of hydrogen-bond acceptors (Lipinski definition) is 6. The van der Waals surface area contributed by atoms with E-state index < -0.39 is 0 Å². The number of carbonyl (C=O) groups is 1. The molecule has 1 saturated carbocycles. The summed E-state index contributed by atoms with van der Waals surface area (Å²) in [5, 5.41) is 14.6. The molecule has 5 rings (SSSR count). The third-order valence-corrected chi connectivity index (χ3v) is 5.92. The first-order chi connectivity index (χ1) is 12.3. The second kappa shape index (κ2) is 6.03. The molecule has 2 aromatic rings. The summed E-state index contributed by atoms with van der Waals surface area (Å²) >= 11 is 0. The molecule has 1 amide bonds. The van der Waals surface area contributed by atoms with Gasteiger partial charge < -0.3 is 10.1 Å². The average molecular weight is 342 g/mol. The number of likely N-dealkylation sites (tertiary alicyclic amines) is 1. The van der Waals surface area contributed by atoms with Crippen LogP contribution in [0.25, 0.3) is 5.65 Å².